The summed E-state index contributed by atoms with van der Waals surface area (Å²) in [5.41, 5.74) is 0.940. The van der Waals surface area contributed by atoms with Gasteiger partial charge >= 0.3 is 0 Å². The summed E-state index contributed by atoms with van der Waals surface area (Å²) >= 11 is 0. The monoisotopic (exact) mass is 231 g/mol. The van der Waals surface area contributed by atoms with Crippen LogP contribution in [0.4, 0.5) is 14.5 Å². The van der Waals surface area contributed by atoms with Gasteiger partial charge in [0.2, 0.25) is 0 Å². The maximum absolute atomic E-state index is 11.8. The topological polar surface area (TPSA) is 52.4 Å². The number of nitro benzene ring substituents is 1. The Labute approximate surface area is 91.0 Å². The molecule has 6 heteroatoms. The second kappa shape index (κ2) is 5.50. The lowest BCUT2D eigenvalue weighted by Crippen LogP contribution is -2.05. The van der Waals surface area contributed by atoms with E-state index in [-0.39, 0.29) is 12.3 Å². The third kappa shape index (κ3) is 3.54. The molecule has 0 saturated carbocycles. The molecule has 0 bridgehead atoms. The molecule has 16 heavy (non-hydrogen) atoms. The molecule has 88 valence electrons. The van der Waals surface area contributed by atoms with Crippen LogP contribution in [0.3, 0.4) is 0 Å². The zero-order valence-electron chi connectivity index (χ0n) is 8.65. The molecule has 0 amide bonds. The molecule has 1 rings (SSSR count). The average Bonchev–Trinajstić information content (AvgIpc) is 2.19. The summed E-state index contributed by atoms with van der Waals surface area (Å²) in [6, 6.07) is 4.58. The van der Waals surface area contributed by atoms with E-state index in [1.165, 1.54) is 12.1 Å². The van der Waals surface area contributed by atoms with Gasteiger partial charge in [-0.1, -0.05) is 6.07 Å². The first-order valence-corrected chi connectivity index (χ1v) is 4.60. The molecule has 0 N–H and O–H groups in total. The van der Waals surface area contributed by atoms with Crippen molar-refractivity contribution in [2.24, 2.45) is 0 Å². The Hall–Kier alpha value is -1.56. The van der Waals surface area contributed by atoms with Gasteiger partial charge in [0.1, 0.15) is 6.61 Å². The minimum atomic E-state index is -2.57. The number of benzene rings is 1. The number of aryl methyl sites for hydroxylation is 1. The van der Waals surface area contributed by atoms with Gasteiger partial charge < -0.3 is 4.74 Å². The largest absolute Gasteiger partial charge is 0.371 e. The van der Waals surface area contributed by atoms with Crippen molar-refractivity contribution in [2.75, 3.05) is 6.61 Å². The van der Waals surface area contributed by atoms with Crippen molar-refractivity contribution in [3.8, 4) is 0 Å². The first-order chi connectivity index (χ1) is 7.50. The van der Waals surface area contributed by atoms with E-state index in [1.807, 2.05) is 0 Å². The summed E-state index contributed by atoms with van der Waals surface area (Å²) in [6.07, 6.45) is -2.57. The number of ether oxygens (including phenoxy) is 1. The Balaban J connectivity index is 2.75. The highest BCUT2D eigenvalue weighted by atomic mass is 19.3. The first-order valence-electron chi connectivity index (χ1n) is 4.60. The van der Waals surface area contributed by atoms with E-state index in [0.717, 1.165) is 5.56 Å². The zero-order chi connectivity index (χ0) is 12.1. The van der Waals surface area contributed by atoms with E-state index in [2.05, 4.69) is 4.74 Å². The molecule has 0 unspecified atom stereocenters. The fourth-order valence-electron chi connectivity index (χ4n) is 1.22. The fraction of sp³-hybridized carbons (Fsp3) is 0.400. The summed E-state index contributed by atoms with van der Waals surface area (Å²) in [4.78, 5) is 10.1. The van der Waals surface area contributed by atoms with Crippen LogP contribution in [0.1, 0.15) is 11.1 Å². The molecule has 0 aliphatic heterocycles. The summed E-state index contributed by atoms with van der Waals surface area (Å²) < 4.78 is 28.3. The van der Waals surface area contributed by atoms with Crippen LogP contribution >= 0.6 is 0 Å². The number of alkyl halides is 2. The lowest BCUT2D eigenvalue weighted by molar-refractivity contribution is -0.386. The summed E-state index contributed by atoms with van der Waals surface area (Å²) in [6.45, 7) is 0.822. The van der Waals surface area contributed by atoms with Crippen molar-refractivity contribution in [3.05, 3.63) is 39.4 Å². The van der Waals surface area contributed by atoms with Crippen LogP contribution in [0.2, 0.25) is 0 Å². The van der Waals surface area contributed by atoms with Gasteiger partial charge in [0.15, 0.2) is 0 Å². The van der Waals surface area contributed by atoms with Crippen molar-refractivity contribution >= 4 is 5.69 Å². The maximum atomic E-state index is 11.8. The lowest BCUT2D eigenvalue weighted by Gasteiger charge is -2.05. The minimum Gasteiger partial charge on any atom is -0.371 e. The molecule has 0 aliphatic carbocycles. The third-order valence-electron chi connectivity index (χ3n) is 1.94. The first kappa shape index (κ1) is 12.5. The molecule has 0 atom stereocenters. The average molecular weight is 231 g/mol. The molecule has 0 aliphatic rings. The van der Waals surface area contributed by atoms with Gasteiger partial charge in [-0.15, -0.1) is 0 Å². The molecule has 0 aromatic heterocycles. The van der Waals surface area contributed by atoms with Gasteiger partial charge in [-0.3, -0.25) is 10.1 Å². The van der Waals surface area contributed by atoms with E-state index in [9.17, 15) is 18.9 Å². The molecule has 0 fully saturated rings. The second-order valence-corrected chi connectivity index (χ2v) is 3.30. The van der Waals surface area contributed by atoms with E-state index >= 15 is 0 Å². The normalized spacial score (nSPS) is 10.8. The van der Waals surface area contributed by atoms with Gasteiger partial charge in [-0.05, 0) is 18.6 Å². The van der Waals surface area contributed by atoms with Crippen molar-refractivity contribution in [2.45, 2.75) is 20.0 Å². The SMILES string of the molecule is Cc1ccc(COCC(F)F)c([N+](=O)[O-])c1. The van der Waals surface area contributed by atoms with Gasteiger partial charge in [-0.25, -0.2) is 8.78 Å². The van der Waals surface area contributed by atoms with Gasteiger partial charge in [0.05, 0.1) is 17.1 Å². The quantitative estimate of drug-likeness (QED) is 0.578. The Morgan fingerprint density at radius 3 is 2.75 bits per heavy atom. The van der Waals surface area contributed by atoms with Crippen molar-refractivity contribution in [1.29, 1.82) is 0 Å². The summed E-state index contributed by atoms with van der Waals surface area (Å²) in [5.74, 6) is 0. The van der Waals surface area contributed by atoms with Gasteiger partial charge in [-0.2, -0.15) is 0 Å². The Morgan fingerprint density at radius 2 is 2.19 bits per heavy atom. The lowest BCUT2D eigenvalue weighted by atomic mass is 10.1. The number of nitro groups is 1. The van der Waals surface area contributed by atoms with E-state index in [4.69, 9.17) is 0 Å². The molecule has 1 aromatic carbocycles. The second-order valence-electron chi connectivity index (χ2n) is 3.30. The molecular weight excluding hydrogens is 220 g/mol. The maximum Gasteiger partial charge on any atom is 0.275 e. The predicted octanol–water partition coefficient (Wildman–Crippen LogP) is 2.68. The van der Waals surface area contributed by atoms with Crippen LogP contribution < -0.4 is 0 Å². The number of halogens is 2. The van der Waals surface area contributed by atoms with Crippen molar-refractivity contribution < 1.29 is 18.4 Å². The zero-order valence-corrected chi connectivity index (χ0v) is 8.65. The van der Waals surface area contributed by atoms with E-state index < -0.39 is 18.0 Å². The minimum absolute atomic E-state index is 0.103. The predicted molar refractivity (Wildman–Crippen MR) is 53.5 cm³/mol. The Bertz CT molecular complexity index is 382. The Kier molecular flexibility index (Phi) is 4.30. The number of rotatable bonds is 5. The molecule has 1 aromatic rings. The van der Waals surface area contributed by atoms with Gasteiger partial charge in [0, 0.05) is 6.07 Å². The standard InChI is InChI=1S/C10H11F2NO3/c1-7-2-3-8(5-16-6-10(11)12)9(4-7)13(14)15/h2-4,10H,5-6H2,1H3. The van der Waals surface area contributed by atoms with Gasteiger partial charge in [0.25, 0.3) is 12.1 Å². The van der Waals surface area contributed by atoms with Crippen LogP contribution in [0.15, 0.2) is 18.2 Å². The van der Waals surface area contributed by atoms with E-state index in [1.54, 1.807) is 13.0 Å². The number of nitrogens with zero attached hydrogens (tertiary/aromatic N) is 1. The third-order valence-corrected chi connectivity index (χ3v) is 1.94. The molecular formula is C10H11F2NO3. The van der Waals surface area contributed by atoms with Crippen LogP contribution in [0, 0.1) is 17.0 Å². The highest BCUT2D eigenvalue weighted by molar-refractivity contribution is 5.42. The highest BCUT2D eigenvalue weighted by Gasteiger charge is 2.14. The van der Waals surface area contributed by atoms with Crippen LogP contribution in [-0.4, -0.2) is 18.0 Å². The molecule has 0 spiro atoms. The number of hydrogen-bond acceptors (Lipinski definition) is 3. The van der Waals surface area contributed by atoms with Crippen molar-refractivity contribution in [1.82, 2.24) is 0 Å². The number of hydrogen-bond donors (Lipinski definition) is 0. The summed E-state index contributed by atoms with van der Waals surface area (Å²) in [7, 11) is 0. The summed E-state index contributed by atoms with van der Waals surface area (Å²) in [5, 5.41) is 10.7. The van der Waals surface area contributed by atoms with Crippen molar-refractivity contribution in [3.63, 3.8) is 0 Å². The highest BCUT2D eigenvalue weighted by Crippen LogP contribution is 2.20. The molecule has 4 nitrogen and oxygen atoms in total. The molecule has 0 heterocycles. The van der Waals surface area contributed by atoms with Crippen LogP contribution in [-0.2, 0) is 11.3 Å². The van der Waals surface area contributed by atoms with Crippen LogP contribution in [0.5, 0.6) is 0 Å². The smallest absolute Gasteiger partial charge is 0.275 e. The Morgan fingerprint density at radius 1 is 1.50 bits per heavy atom. The van der Waals surface area contributed by atoms with Crippen LogP contribution in [0.25, 0.3) is 0 Å². The fourth-order valence-corrected chi connectivity index (χ4v) is 1.22. The molecule has 0 saturated heterocycles. The van der Waals surface area contributed by atoms with E-state index in [0.29, 0.717) is 5.56 Å². The molecule has 0 radical (unpaired) electrons.